The fourth-order valence-electron chi connectivity index (χ4n) is 3.36. The lowest BCUT2D eigenvalue weighted by Gasteiger charge is -2.31. The van der Waals surface area contributed by atoms with Crippen molar-refractivity contribution in [1.29, 1.82) is 0 Å². The van der Waals surface area contributed by atoms with E-state index in [1.807, 2.05) is 54.6 Å². The molecule has 0 unspecified atom stereocenters. The van der Waals surface area contributed by atoms with E-state index in [4.69, 9.17) is 0 Å². The Morgan fingerprint density at radius 3 is 2.20 bits per heavy atom. The minimum absolute atomic E-state index is 0.0632. The molecule has 1 aliphatic rings. The number of ketones is 1. The number of likely N-dealkylation sites (tertiary alicyclic amines) is 1. The standard InChI is InChI=1S/C21H24N2O2/c1-22-21(25)19-9-7-16(8-10-19)15-23-13-11-18(12-14-23)20(24)17-5-3-2-4-6-17/h2-10,18H,11-15H2,1H3,(H,22,25). The summed E-state index contributed by atoms with van der Waals surface area (Å²) in [5, 5.41) is 2.63. The minimum Gasteiger partial charge on any atom is -0.355 e. The van der Waals surface area contributed by atoms with Crippen molar-refractivity contribution < 1.29 is 9.59 Å². The summed E-state index contributed by atoms with van der Waals surface area (Å²) in [7, 11) is 1.64. The van der Waals surface area contributed by atoms with Crippen LogP contribution in [0.1, 0.15) is 39.1 Å². The van der Waals surface area contributed by atoms with Gasteiger partial charge in [-0.3, -0.25) is 14.5 Å². The van der Waals surface area contributed by atoms with Crippen molar-refractivity contribution >= 4 is 11.7 Å². The number of hydrogen-bond donors (Lipinski definition) is 1. The number of nitrogens with zero attached hydrogens (tertiary/aromatic N) is 1. The number of nitrogens with one attached hydrogen (secondary N) is 1. The van der Waals surface area contributed by atoms with Crippen LogP contribution in [0.2, 0.25) is 0 Å². The Morgan fingerprint density at radius 1 is 0.960 bits per heavy atom. The number of rotatable bonds is 5. The summed E-state index contributed by atoms with van der Waals surface area (Å²) in [4.78, 5) is 26.5. The summed E-state index contributed by atoms with van der Waals surface area (Å²) in [5.74, 6) is 0.344. The first-order valence-electron chi connectivity index (χ1n) is 8.80. The van der Waals surface area contributed by atoms with Crippen LogP contribution in [0, 0.1) is 5.92 Å². The Balaban J connectivity index is 1.52. The molecule has 2 aromatic carbocycles. The highest BCUT2D eigenvalue weighted by atomic mass is 16.1. The van der Waals surface area contributed by atoms with Gasteiger partial charge in [0.25, 0.3) is 5.91 Å². The van der Waals surface area contributed by atoms with Crippen molar-refractivity contribution in [2.75, 3.05) is 20.1 Å². The van der Waals surface area contributed by atoms with Gasteiger partial charge in [-0.2, -0.15) is 0 Å². The molecule has 4 heteroatoms. The molecule has 1 N–H and O–H groups in total. The highest BCUT2D eigenvalue weighted by Crippen LogP contribution is 2.23. The predicted molar refractivity (Wildman–Crippen MR) is 98.6 cm³/mol. The Morgan fingerprint density at radius 2 is 1.60 bits per heavy atom. The van der Waals surface area contributed by atoms with Gasteiger partial charge in [0.2, 0.25) is 0 Å². The van der Waals surface area contributed by atoms with Crippen LogP contribution < -0.4 is 5.32 Å². The molecule has 25 heavy (non-hydrogen) atoms. The Labute approximate surface area is 148 Å². The maximum absolute atomic E-state index is 12.5. The molecule has 130 valence electrons. The van der Waals surface area contributed by atoms with E-state index in [1.54, 1.807) is 7.05 Å². The predicted octanol–water partition coefficient (Wildman–Crippen LogP) is 3.14. The van der Waals surface area contributed by atoms with E-state index in [9.17, 15) is 9.59 Å². The van der Waals surface area contributed by atoms with Crippen LogP contribution in [0.15, 0.2) is 54.6 Å². The highest BCUT2D eigenvalue weighted by Gasteiger charge is 2.25. The van der Waals surface area contributed by atoms with Gasteiger partial charge in [0, 0.05) is 30.6 Å². The molecule has 0 atom stereocenters. The summed E-state index contributed by atoms with van der Waals surface area (Å²) in [6, 6.07) is 17.3. The molecule has 0 aromatic heterocycles. The largest absolute Gasteiger partial charge is 0.355 e. The van der Waals surface area contributed by atoms with Gasteiger partial charge in [-0.1, -0.05) is 42.5 Å². The zero-order valence-corrected chi connectivity index (χ0v) is 14.6. The zero-order valence-electron chi connectivity index (χ0n) is 14.6. The maximum Gasteiger partial charge on any atom is 0.251 e. The number of benzene rings is 2. The van der Waals surface area contributed by atoms with E-state index in [0.29, 0.717) is 5.56 Å². The third kappa shape index (κ3) is 4.34. The van der Waals surface area contributed by atoms with Crippen LogP contribution in [0.5, 0.6) is 0 Å². The summed E-state index contributed by atoms with van der Waals surface area (Å²) in [5.41, 5.74) is 2.70. The first-order valence-corrected chi connectivity index (χ1v) is 8.80. The number of piperidine rings is 1. The number of Topliss-reactive ketones (excluding diaryl/α,β-unsaturated/α-hetero) is 1. The van der Waals surface area contributed by atoms with Gasteiger partial charge in [-0.15, -0.1) is 0 Å². The van der Waals surface area contributed by atoms with Crippen LogP contribution >= 0.6 is 0 Å². The second kappa shape index (κ2) is 8.08. The van der Waals surface area contributed by atoms with E-state index in [-0.39, 0.29) is 17.6 Å². The van der Waals surface area contributed by atoms with Gasteiger partial charge in [0.15, 0.2) is 5.78 Å². The van der Waals surface area contributed by atoms with Gasteiger partial charge in [-0.25, -0.2) is 0 Å². The summed E-state index contributed by atoms with van der Waals surface area (Å²) < 4.78 is 0. The van der Waals surface area contributed by atoms with Gasteiger partial charge >= 0.3 is 0 Å². The van der Waals surface area contributed by atoms with Crippen LogP contribution in [-0.2, 0) is 6.54 Å². The second-order valence-corrected chi connectivity index (χ2v) is 6.56. The Hall–Kier alpha value is -2.46. The topological polar surface area (TPSA) is 49.4 Å². The molecule has 0 radical (unpaired) electrons. The summed E-state index contributed by atoms with van der Waals surface area (Å²) >= 11 is 0. The lowest BCUT2D eigenvalue weighted by Crippen LogP contribution is -2.36. The third-order valence-electron chi connectivity index (χ3n) is 4.87. The lowest BCUT2D eigenvalue weighted by atomic mass is 9.89. The average Bonchev–Trinajstić information content (AvgIpc) is 2.68. The molecular weight excluding hydrogens is 312 g/mol. The monoisotopic (exact) mass is 336 g/mol. The van der Waals surface area contributed by atoms with Crippen molar-refractivity contribution in [2.24, 2.45) is 5.92 Å². The molecule has 1 aliphatic heterocycles. The van der Waals surface area contributed by atoms with E-state index >= 15 is 0 Å². The smallest absolute Gasteiger partial charge is 0.251 e. The van der Waals surface area contributed by atoms with Gasteiger partial charge < -0.3 is 5.32 Å². The first kappa shape index (κ1) is 17.4. The van der Waals surface area contributed by atoms with Crippen molar-refractivity contribution in [3.63, 3.8) is 0 Å². The quantitative estimate of drug-likeness (QED) is 0.854. The SMILES string of the molecule is CNC(=O)c1ccc(CN2CCC(C(=O)c3ccccc3)CC2)cc1. The molecule has 0 saturated carbocycles. The molecular formula is C21H24N2O2. The van der Waals surface area contributed by atoms with Crippen LogP contribution in [-0.4, -0.2) is 36.7 Å². The van der Waals surface area contributed by atoms with Gasteiger partial charge in [0.1, 0.15) is 0 Å². The number of hydrogen-bond acceptors (Lipinski definition) is 3. The minimum atomic E-state index is -0.0632. The molecule has 1 amide bonds. The summed E-state index contributed by atoms with van der Waals surface area (Å²) in [6.07, 6.45) is 1.81. The molecule has 3 rings (SSSR count). The average molecular weight is 336 g/mol. The van der Waals surface area contributed by atoms with E-state index < -0.39 is 0 Å². The van der Waals surface area contributed by atoms with E-state index in [0.717, 1.165) is 38.0 Å². The van der Waals surface area contributed by atoms with Crippen molar-refractivity contribution in [3.8, 4) is 0 Å². The molecule has 4 nitrogen and oxygen atoms in total. The molecule has 1 fully saturated rings. The maximum atomic E-state index is 12.5. The van der Waals surface area contributed by atoms with Crippen molar-refractivity contribution in [3.05, 3.63) is 71.3 Å². The van der Waals surface area contributed by atoms with Crippen LogP contribution in [0.3, 0.4) is 0 Å². The zero-order chi connectivity index (χ0) is 17.6. The second-order valence-electron chi connectivity index (χ2n) is 6.56. The summed E-state index contributed by atoms with van der Waals surface area (Å²) in [6.45, 7) is 2.72. The van der Waals surface area contributed by atoms with Crippen LogP contribution in [0.4, 0.5) is 0 Å². The normalized spacial score (nSPS) is 15.7. The van der Waals surface area contributed by atoms with Crippen LogP contribution in [0.25, 0.3) is 0 Å². The molecule has 1 heterocycles. The Kier molecular flexibility index (Phi) is 5.61. The molecule has 1 saturated heterocycles. The number of carbonyl (C=O) groups is 2. The first-order chi connectivity index (χ1) is 12.2. The van der Waals surface area contributed by atoms with Crippen molar-refractivity contribution in [1.82, 2.24) is 10.2 Å². The van der Waals surface area contributed by atoms with Gasteiger partial charge in [0.05, 0.1) is 0 Å². The fourth-order valence-corrected chi connectivity index (χ4v) is 3.36. The number of amides is 1. The lowest BCUT2D eigenvalue weighted by molar-refractivity contribution is 0.0834. The van der Waals surface area contributed by atoms with Gasteiger partial charge in [-0.05, 0) is 43.6 Å². The van der Waals surface area contributed by atoms with E-state index in [1.165, 1.54) is 5.56 Å². The molecule has 2 aromatic rings. The van der Waals surface area contributed by atoms with Crippen molar-refractivity contribution in [2.45, 2.75) is 19.4 Å². The van der Waals surface area contributed by atoms with E-state index in [2.05, 4.69) is 10.2 Å². The molecule has 0 bridgehead atoms. The molecule has 0 spiro atoms. The third-order valence-corrected chi connectivity index (χ3v) is 4.87. The highest BCUT2D eigenvalue weighted by molar-refractivity contribution is 5.97. The Bertz CT molecular complexity index is 717. The molecule has 0 aliphatic carbocycles. The fraction of sp³-hybridized carbons (Fsp3) is 0.333. The number of carbonyl (C=O) groups excluding carboxylic acids is 2.